The Hall–Kier alpha value is 0.780. The van der Waals surface area contributed by atoms with Gasteiger partial charge in [-0.15, -0.1) is 6.58 Å². The average Bonchev–Trinajstić information content (AvgIpc) is 1.83. The maximum atomic E-state index is 4.65. The van der Waals surface area contributed by atoms with Gasteiger partial charge >= 0.3 is 29.6 Å². The third-order valence-electron chi connectivity index (χ3n) is 0.500. The van der Waals surface area contributed by atoms with E-state index in [0.29, 0.717) is 11.7 Å². The van der Waals surface area contributed by atoms with Gasteiger partial charge in [0.15, 0.2) is 0 Å². The van der Waals surface area contributed by atoms with Crippen molar-refractivity contribution < 1.29 is 29.6 Å². The number of hydrogen-bond donors (Lipinski definition) is 2. The molecule has 0 aliphatic carbocycles. The van der Waals surface area contributed by atoms with Crippen LogP contribution in [0.1, 0.15) is 0 Å². The summed E-state index contributed by atoms with van der Waals surface area (Å²) >= 11 is 9.05. The smallest absolute Gasteiger partial charge is 0.668 e. The molecule has 0 aliphatic rings. The van der Waals surface area contributed by atoms with Crippen LogP contribution in [0.25, 0.3) is 0 Å². The topological polar surface area (TPSA) is 24.1 Å². The van der Waals surface area contributed by atoms with Crippen LogP contribution in [0.5, 0.6) is 0 Å². The van der Waals surface area contributed by atoms with Crippen LogP contribution in [0, 0.1) is 0 Å². The Labute approximate surface area is 88.3 Å². The fourth-order valence-corrected chi connectivity index (χ4v) is 0.356. The zero-order chi connectivity index (χ0) is 6.41. The second-order valence-corrected chi connectivity index (χ2v) is 1.71. The number of nitrogens with one attached hydrogen (secondary N) is 2. The van der Waals surface area contributed by atoms with Crippen LogP contribution in [0.15, 0.2) is 12.7 Å². The first-order chi connectivity index (χ1) is 3.81. The van der Waals surface area contributed by atoms with E-state index in [4.69, 9.17) is 0 Å². The molecule has 9 heavy (non-hydrogen) atoms. The van der Waals surface area contributed by atoms with Crippen molar-refractivity contribution in [2.45, 2.75) is 0 Å². The average molecular weight is 170 g/mol. The van der Waals surface area contributed by atoms with Crippen molar-refractivity contribution in [2.75, 3.05) is 6.54 Å². The Balaban J connectivity index is 0. The van der Waals surface area contributed by atoms with Crippen molar-refractivity contribution in [3.8, 4) is 0 Å². The first-order valence-electron chi connectivity index (χ1n) is 2.08. The number of rotatable bonds is 2. The Morgan fingerprint density at radius 2 is 2.33 bits per heavy atom. The van der Waals surface area contributed by atoms with E-state index in [9.17, 15) is 0 Å². The summed E-state index contributed by atoms with van der Waals surface area (Å²) < 4.78 is 2.36. The summed E-state index contributed by atoms with van der Waals surface area (Å²) in [6, 6.07) is 0. The van der Waals surface area contributed by atoms with E-state index in [0.717, 1.165) is 0 Å². The zero-order valence-corrected chi connectivity index (χ0v) is 8.94. The molecule has 0 atom stereocenters. The van der Waals surface area contributed by atoms with Crippen molar-refractivity contribution in [1.29, 1.82) is 0 Å². The van der Waals surface area contributed by atoms with Crippen LogP contribution in [0.4, 0.5) is 0 Å². The fraction of sp³-hybridized carbons (Fsp3) is 0.250. The van der Waals surface area contributed by atoms with E-state index in [1.807, 2.05) is 0 Å². The predicted octanol–water partition coefficient (Wildman–Crippen LogP) is -2.90. The van der Waals surface area contributed by atoms with Crippen LogP contribution in [0.3, 0.4) is 0 Å². The maximum absolute atomic E-state index is 4.65. The predicted molar refractivity (Wildman–Crippen MR) is 41.3 cm³/mol. The summed E-state index contributed by atoms with van der Waals surface area (Å²) in [5.74, 6) is 0. The van der Waals surface area contributed by atoms with E-state index < -0.39 is 0 Å². The molecule has 0 amide bonds. The zero-order valence-electron chi connectivity index (χ0n) is 5.31. The molecule has 0 saturated carbocycles. The van der Waals surface area contributed by atoms with Gasteiger partial charge < -0.3 is 22.9 Å². The molecule has 0 fully saturated rings. The van der Waals surface area contributed by atoms with Crippen LogP contribution >= 0.6 is 12.2 Å². The van der Waals surface area contributed by atoms with Crippen LogP contribution in [-0.2, 0) is 12.8 Å². The Bertz CT molecular complexity index is 96.6. The van der Waals surface area contributed by atoms with Crippen molar-refractivity contribution in [1.82, 2.24) is 10.0 Å². The van der Waals surface area contributed by atoms with E-state index in [2.05, 4.69) is 41.7 Å². The van der Waals surface area contributed by atoms with Crippen LogP contribution in [0.2, 0.25) is 0 Å². The third kappa shape index (κ3) is 8.78. The molecule has 0 radical (unpaired) electrons. The molecule has 5 heteroatoms. The largest absolute Gasteiger partial charge is 1.00 e. The molecule has 2 N–H and O–H groups in total. The van der Waals surface area contributed by atoms with Gasteiger partial charge in [0.05, 0.1) is 0 Å². The van der Waals surface area contributed by atoms with Crippen molar-refractivity contribution in [3.05, 3.63) is 12.7 Å². The quantitative estimate of drug-likeness (QED) is 0.201. The molecule has 0 rings (SSSR count). The van der Waals surface area contributed by atoms with E-state index in [1.165, 1.54) is 0 Å². The van der Waals surface area contributed by atoms with Crippen LogP contribution in [-0.4, -0.2) is 11.7 Å². The fourth-order valence-electron chi connectivity index (χ4n) is 0.201. The summed E-state index contributed by atoms with van der Waals surface area (Å²) in [6.45, 7) is 4.14. The first-order valence-corrected chi connectivity index (χ1v) is 2.89. The van der Waals surface area contributed by atoms with Crippen molar-refractivity contribution in [2.24, 2.45) is 0 Å². The summed E-state index contributed by atoms with van der Waals surface area (Å²) in [7, 11) is 0. The van der Waals surface area contributed by atoms with Gasteiger partial charge in [-0.1, -0.05) is 6.08 Å². The molecule has 0 aromatic carbocycles. The van der Waals surface area contributed by atoms with Gasteiger partial charge in [0.25, 0.3) is 0 Å². The normalized spacial score (nSPS) is 6.78. The molecule has 0 saturated heterocycles. The summed E-state index contributed by atoms with van der Waals surface area (Å²) in [5.41, 5.74) is 0. The Morgan fingerprint density at radius 1 is 1.78 bits per heavy atom. The van der Waals surface area contributed by atoms with Crippen molar-refractivity contribution >= 4 is 30.1 Å². The second kappa shape index (κ2) is 8.78. The van der Waals surface area contributed by atoms with Gasteiger partial charge in [-0.2, -0.15) is 0 Å². The maximum Gasteiger partial charge on any atom is 1.00 e. The molecule has 0 unspecified atom stereocenters. The number of hydrogen-bond acceptors (Lipinski definition) is 2. The molecule has 2 nitrogen and oxygen atoms in total. The monoisotopic (exact) mass is 170 g/mol. The molecule has 0 aromatic heterocycles. The minimum absolute atomic E-state index is 0. The first kappa shape index (κ1) is 12.5. The minimum Gasteiger partial charge on any atom is -0.668 e. The SMILES string of the molecule is C=CCNC(=S)N[S-].[Na+]. The summed E-state index contributed by atoms with van der Waals surface area (Å²) in [5, 5.41) is 3.25. The van der Waals surface area contributed by atoms with E-state index in [1.54, 1.807) is 6.08 Å². The van der Waals surface area contributed by atoms with Gasteiger partial charge in [0, 0.05) is 6.54 Å². The molecule has 0 heterocycles. The van der Waals surface area contributed by atoms with Gasteiger partial charge in [0.1, 0.15) is 5.11 Å². The van der Waals surface area contributed by atoms with Crippen molar-refractivity contribution in [3.63, 3.8) is 0 Å². The van der Waals surface area contributed by atoms with Crippen LogP contribution < -0.4 is 39.6 Å². The number of thiocarbonyl (C=S) groups is 1. The Kier molecular flexibility index (Phi) is 12.2. The van der Waals surface area contributed by atoms with Gasteiger partial charge in [0.2, 0.25) is 0 Å². The summed E-state index contributed by atoms with van der Waals surface area (Å²) in [6.07, 6.45) is 1.71. The molecule has 0 aliphatic heterocycles. The minimum atomic E-state index is 0. The van der Waals surface area contributed by atoms with E-state index in [-0.39, 0.29) is 29.6 Å². The van der Waals surface area contributed by atoms with Gasteiger partial charge in [-0.3, -0.25) is 0 Å². The molecular formula is C4H7N2NaS2. The summed E-state index contributed by atoms with van der Waals surface area (Å²) in [4.78, 5) is 0. The molecular weight excluding hydrogens is 163 g/mol. The Morgan fingerprint density at radius 3 is 2.67 bits per heavy atom. The molecule has 0 aromatic rings. The molecule has 46 valence electrons. The van der Waals surface area contributed by atoms with Gasteiger partial charge in [-0.25, -0.2) is 0 Å². The second-order valence-electron chi connectivity index (χ2n) is 1.10. The third-order valence-corrected chi connectivity index (χ3v) is 1.08. The molecule has 0 spiro atoms. The molecule has 0 bridgehead atoms. The van der Waals surface area contributed by atoms with E-state index >= 15 is 0 Å². The van der Waals surface area contributed by atoms with Gasteiger partial charge in [-0.05, 0) is 12.2 Å². The standard InChI is InChI=1S/C4H7N2S2.Na/c1-2-3-5-4(7)6-8;/h2H,1,3H2,(H2-,5,6,7,8);/q-1;+1.